The van der Waals surface area contributed by atoms with Gasteiger partial charge in [0.05, 0.1) is 39.5 Å². The van der Waals surface area contributed by atoms with Gasteiger partial charge in [0.15, 0.2) is 0 Å². The third-order valence-corrected chi connectivity index (χ3v) is 6.30. The minimum Gasteiger partial charge on any atom is -0.507 e. The Labute approximate surface area is 215 Å². The van der Waals surface area contributed by atoms with Gasteiger partial charge in [-0.1, -0.05) is 12.1 Å². The fourth-order valence-corrected chi connectivity index (χ4v) is 4.38. The summed E-state index contributed by atoms with van der Waals surface area (Å²) in [6, 6.07) is 18.5. The second-order valence-corrected chi connectivity index (χ2v) is 8.47. The Balaban J connectivity index is 1.71. The van der Waals surface area contributed by atoms with Crippen LogP contribution in [0.3, 0.4) is 0 Å². The molecule has 192 valence electrons. The first-order valence-corrected chi connectivity index (χ1v) is 11.7. The third-order valence-electron chi connectivity index (χ3n) is 6.30. The molecule has 1 heterocycles. The van der Waals surface area contributed by atoms with Crippen molar-refractivity contribution in [1.29, 1.82) is 0 Å². The molecule has 1 atom stereocenters. The standard InChI is InChI=1S/C29H29NO7/c1-18-16-23(36-4)12-13-24(18)27(31)25-26(19-6-5-7-22(17-19)35-3)30(29(33)28(25)32)14-15-37-21-10-8-20(34-2)9-11-21/h5-13,16-17,26,31H,14-15H2,1-4H3/b27-25-. The van der Waals surface area contributed by atoms with Crippen LogP contribution >= 0.6 is 0 Å². The lowest BCUT2D eigenvalue weighted by Gasteiger charge is -2.25. The first-order valence-electron chi connectivity index (χ1n) is 11.7. The summed E-state index contributed by atoms with van der Waals surface area (Å²) in [6.45, 7) is 2.06. The zero-order valence-electron chi connectivity index (χ0n) is 21.2. The number of aliphatic hydroxyl groups excluding tert-OH is 1. The van der Waals surface area contributed by atoms with Crippen LogP contribution in [0.25, 0.3) is 5.76 Å². The largest absolute Gasteiger partial charge is 0.507 e. The summed E-state index contributed by atoms with van der Waals surface area (Å²) in [5.41, 5.74) is 1.79. The quantitative estimate of drug-likeness (QED) is 0.261. The van der Waals surface area contributed by atoms with E-state index in [2.05, 4.69) is 0 Å². The van der Waals surface area contributed by atoms with Gasteiger partial charge in [-0.3, -0.25) is 9.59 Å². The number of ether oxygens (including phenoxy) is 4. The smallest absolute Gasteiger partial charge is 0.295 e. The molecule has 1 aliphatic rings. The number of ketones is 1. The number of hydrogen-bond donors (Lipinski definition) is 1. The fraction of sp³-hybridized carbons (Fsp3) is 0.241. The van der Waals surface area contributed by atoms with Gasteiger partial charge in [-0.05, 0) is 72.6 Å². The SMILES string of the molecule is COc1ccc(OCCN2C(=O)C(=O)/C(=C(\O)c3ccc(OC)cc3C)C2c2cccc(OC)c2)cc1. The molecule has 4 rings (SSSR count). The summed E-state index contributed by atoms with van der Waals surface area (Å²) in [4.78, 5) is 27.9. The second kappa shape index (κ2) is 11.1. The van der Waals surface area contributed by atoms with E-state index in [4.69, 9.17) is 18.9 Å². The molecule has 1 fully saturated rings. The average molecular weight is 504 g/mol. The van der Waals surface area contributed by atoms with Crippen molar-refractivity contribution < 1.29 is 33.6 Å². The summed E-state index contributed by atoms with van der Waals surface area (Å²) in [6.07, 6.45) is 0. The molecule has 1 saturated heterocycles. The Bertz CT molecular complexity index is 1330. The van der Waals surface area contributed by atoms with Gasteiger partial charge in [0.25, 0.3) is 11.7 Å². The van der Waals surface area contributed by atoms with Crippen LogP contribution in [-0.2, 0) is 9.59 Å². The van der Waals surface area contributed by atoms with Gasteiger partial charge in [-0.25, -0.2) is 0 Å². The molecule has 1 aliphatic heterocycles. The molecule has 0 saturated carbocycles. The van der Waals surface area contributed by atoms with Crippen molar-refractivity contribution in [2.45, 2.75) is 13.0 Å². The van der Waals surface area contributed by atoms with Gasteiger partial charge in [0, 0.05) is 5.56 Å². The van der Waals surface area contributed by atoms with Crippen LogP contribution in [0.4, 0.5) is 0 Å². The van der Waals surface area contributed by atoms with E-state index in [1.165, 1.54) is 4.90 Å². The van der Waals surface area contributed by atoms with E-state index in [1.807, 2.05) is 0 Å². The van der Waals surface area contributed by atoms with Crippen molar-refractivity contribution in [1.82, 2.24) is 4.90 Å². The van der Waals surface area contributed by atoms with Crippen LogP contribution in [0.2, 0.25) is 0 Å². The van der Waals surface area contributed by atoms with Crippen LogP contribution in [0.15, 0.2) is 72.3 Å². The van der Waals surface area contributed by atoms with Gasteiger partial charge in [0.2, 0.25) is 0 Å². The average Bonchev–Trinajstić information content (AvgIpc) is 3.18. The van der Waals surface area contributed by atoms with Crippen molar-refractivity contribution >= 4 is 17.4 Å². The number of Topliss-reactive ketones (excluding diaryl/α,β-unsaturated/α-hetero) is 1. The van der Waals surface area contributed by atoms with Gasteiger partial charge in [-0.2, -0.15) is 0 Å². The number of aryl methyl sites for hydroxylation is 1. The van der Waals surface area contributed by atoms with E-state index in [1.54, 1.807) is 95.0 Å². The summed E-state index contributed by atoms with van der Waals surface area (Å²) < 4.78 is 21.6. The van der Waals surface area contributed by atoms with Gasteiger partial charge in [0.1, 0.15) is 35.4 Å². The zero-order chi connectivity index (χ0) is 26.5. The molecular weight excluding hydrogens is 474 g/mol. The van der Waals surface area contributed by atoms with Crippen molar-refractivity contribution in [3.05, 3.63) is 89.0 Å². The highest BCUT2D eigenvalue weighted by Crippen LogP contribution is 2.40. The molecule has 3 aromatic carbocycles. The minimum atomic E-state index is -0.823. The number of benzene rings is 3. The number of carbonyl (C=O) groups is 2. The lowest BCUT2D eigenvalue weighted by atomic mass is 9.93. The molecular formula is C29H29NO7. The highest BCUT2D eigenvalue weighted by Gasteiger charge is 2.46. The summed E-state index contributed by atoms with van der Waals surface area (Å²) in [7, 11) is 4.68. The Morgan fingerprint density at radius 1 is 0.838 bits per heavy atom. The maximum Gasteiger partial charge on any atom is 0.295 e. The topological polar surface area (TPSA) is 94.5 Å². The Kier molecular flexibility index (Phi) is 7.67. The van der Waals surface area contributed by atoms with Gasteiger partial charge >= 0.3 is 0 Å². The van der Waals surface area contributed by atoms with E-state index >= 15 is 0 Å². The minimum absolute atomic E-state index is 0.0102. The number of likely N-dealkylation sites (tertiary alicyclic amines) is 1. The Morgan fingerprint density at radius 2 is 1.46 bits per heavy atom. The van der Waals surface area contributed by atoms with E-state index in [9.17, 15) is 14.7 Å². The molecule has 37 heavy (non-hydrogen) atoms. The van der Waals surface area contributed by atoms with Crippen LogP contribution < -0.4 is 18.9 Å². The van der Waals surface area contributed by atoms with E-state index in [0.29, 0.717) is 39.7 Å². The molecule has 8 heteroatoms. The summed E-state index contributed by atoms with van der Waals surface area (Å²) in [5.74, 6) is 0.774. The monoisotopic (exact) mass is 503 g/mol. The molecule has 0 aromatic heterocycles. The lowest BCUT2D eigenvalue weighted by molar-refractivity contribution is -0.140. The number of rotatable bonds is 9. The maximum atomic E-state index is 13.3. The Morgan fingerprint density at radius 3 is 2.11 bits per heavy atom. The molecule has 0 bridgehead atoms. The number of methoxy groups -OCH3 is 3. The molecule has 1 N–H and O–H groups in total. The Hall–Kier alpha value is -4.46. The molecule has 0 spiro atoms. The zero-order valence-corrected chi connectivity index (χ0v) is 21.2. The van der Waals surface area contributed by atoms with Crippen molar-refractivity contribution in [3.8, 4) is 23.0 Å². The summed E-state index contributed by atoms with van der Waals surface area (Å²) >= 11 is 0. The fourth-order valence-electron chi connectivity index (χ4n) is 4.38. The van der Waals surface area contributed by atoms with Crippen LogP contribution in [0.1, 0.15) is 22.7 Å². The summed E-state index contributed by atoms with van der Waals surface area (Å²) in [5, 5.41) is 11.3. The third kappa shape index (κ3) is 5.23. The van der Waals surface area contributed by atoms with E-state index < -0.39 is 17.7 Å². The molecule has 0 radical (unpaired) electrons. The van der Waals surface area contributed by atoms with Crippen molar-refractivity contribution in [2.75, 3.05) is 34.5 Å². The molecule has 1 unspecified atom stereocenters. The molecule has 8 nitrogen and oxygen atoms in total. The van der Waals surface area contributed by atoms with Gasteiger partial charge in [-0.15, -0.1) is 0 Å². The predicted octanol–water partition coefficient (Wildman–Crippen LogP) is 4.52. The number of nitrogens with zero attached hydrogens (tertiary/aromatic N) is 1. The number of amides is 1. The molecule has 3 aromatic rings. The molecule has 0 aliphatic carbocycles. The van der Waals surface area contributed by atoms with Gasteiger partial charge < -0.3 is 29.0 Å². The highest BCUT2D eigenvalue weighted by atomic mass is 16.5. The van der Waals surface area contributed by atoms with Crippen LogP contribution in [0, 0.1) is 6.92 Å². The lowest BCUT2D eigenvalue weighted by Crippen LogP contribution is -2.33. The number of carbonyl (C=O) groups excluding carboxylic acids is 2. The van der Waals surface area contributed by atoms with Crippen LogP contribution in [-0.4, -0.2) is 56.2 Å². The maximum absolute atomic E-state index is 13.3. The number of aliphatic hydroxyl groups is 1. The normalized spacial score (nSPS) is 16.5. The second-order valence-electron chi connectivity index (χ2n) is 8.47. The van der Waals surface area contributed by atoms with Crippen molar-refractivity contribution in [3.63, 3.8) is 0 Å². The van der Waals surface area contributed by atoms with E-state index in [0.717, 1.165) is 0 Å². The van der Waals surface area contributed by atoms with Crippen molar-refractivity contribution in [2.24, 2.45) is 0 Å². The highest BCUT2D eigenvalue weighted by molar-refractivity contribution is 6.46. The number of hydrogen-bond acceptors (Lipinski definition) is 7. The molecule has 1 amide bonds. The van der Waals surface area contributed by atoms with E-state index in [-0.39, 0.29) is 24.5 Å². The first-order chi connectivity index (χ1) is 17.9. The van der Waals surface area contributed by atoms with Crippen LogP contribution in [0.5, 0.6) is 23.0 Å². The first kappa shape index (κ1) is 25.6. The predicted molar refractivity (Wildman–Crippen MR) is 138 cm³/mol.